The zero-order valence-corrected chi connectivity index (χ0v) is 20.7. The summed E-state index contributed by atoms with van der Waals surface area (Å²) in [4.78, 5) is 1.99. The molecule has 0 nitrogen and oxygen atoms in total. The molecule has 0 amide bonds. The molecular formula is C33H22S2. The minimum Gasteiger partial charge on any atom is -0.143 e. The molecule has 0 aliphatic heterocycles. The minimum absolute atomic E-state index is 0.477. The first-order valence-electron chi connectivity index (χ1n) is 11.8. The molecule has 0 atom stereocenters. The predicted molar refractivity (Wildman–Crippen MR) is 153 cm³/mol. The van der Waals surface area contributed by atoms with Crippen LogP contribution in [0.5, 0.6) is 0 Å². The minimum atomic E-state index is -0.477. The van der Waals surface area contributed by atoms with Crippen LogP contribution in [-0.4, -0.2) is 0 Å². The van der Waals surface area contributed by atoms with Crippen LogP contribution >= 0.6 is 25.3 Å². The predicted octanol–water partition coefficient (Wildman–Crippen LogP) is 8.93. The van der Waals surface area contributed by atoms with Gasteiger partial charge in [-0.2, -0.15) is 0 Å². The van der Waals surface area contributed by atoms with E-state index in [1.807, 2.05) is 0 Å². The molecule has 6 aromatic rings. The van der Waals surface area contributed by atoms with Crippen LogP contribution in [-0.2, 0) is 5.41 Å². The van der Waals surface area contributed by atoms with E-state index in [2.05, 4.69) is 121 Å². The van der Waals surface area contributed by atoms with Gasteiger partial charge in [-0.25, -0.2) is 0 Å². The zero-order chi connectivity index (χ0) is 23.6. The molecule has 6 aromatic carbocycles. The normalized spacial score (nSPS) is 13.7. The topological polar surface area (TPSA) is 0 Å². The Hall–Kier alpha value is -3.46. The van der Waals surface area contributed by atoms with Gasteiger partial charge in [0.1, 0.15) is 0 Å². The standard InChI is InChI=1S/C33H22S2/c34-31-19-7-11-23-25(31)13-5-17-29(23)33(30-18-6-14-26-24(30)12-8-20-32(26)35)27-15-3-1-9-21(27)22-10-2-4-16-28(22)33/h1-20,34-35H. The van der Waals surface area contributed by atoms with Crippen LogP contribution in [0.15, 0.2) is 131 Å². The first kappa shape index (κ1) is 20.9. The lowest BCUT2D eigenvalue weighted by molar-refractivity contribution is 0.784. The van der Waals surface area contributed by atoms with Crippen molar-refractivity contribution in [1.29, 1.82) is 0 Å². The molecule has 0 saturated heterocycles. The van der Waals surface area contributed by atoms with Gasteiger partial charge in [0.25, 0.3) is 0 Å². The molecule has 35 heavy (non-hydrogen) atoms. The highest BCUT2D eigenvalue weighted by Crippen LogP contribution is 2.58. The largest absolute Gasteiger partial charge is 0.143 e. The molecule has 0 spiro atoms. The molecule has 166 valence electrons. The van der Waals surface area contributed by atoms with E-state index in [1.54, 1.807) is 0 Å². The van der Waals surface area contributed by atoms with E-state index < -0.39 is 5.41 Å². The van der Waals surface area contributed by atoms with Crippen LogP contribution in [0.1, 0.15) is 22.3 Å². The maximum Gasteiger partial charge on any atom is 0.0725 e. The van der Waals surface area contributed by atoms with Gasteiger partial charge in [-0.3, -0.25) is 0 Å². The van der Waals surface area contributed by atoms with Gasteiger partial charge in [0, 0.05) is 9.79 Å². The second-order valence-corrected chi connectivity index (χ2v) is 10.2. The lowest BCUT2D eigenvalue weighted by atomic mass is 9.65. The number of fused-ring (bicyclic) bond motifs is 5. The number of rotatable bonds is 2. The summed E-state index contributed by atoms with van der Waals surface area (Å²) in [6, 6.07) is 44.0. The van der Waals surface area contributed by atoms with Gasteiger partial charge in [-0.15, -0.1) is 25.3 Å². The number of hydrogen-bond donors (Lipinski definition) is 2. The van der Waals surface area contributed by atoms with Crippen molar-refractivity contribution in [3.05, 3.63) is 144 Å². The SMILES string of the molecule is Sc1cccc2c(C3(c4cccc5c(S)cccc45)c4ccccc4-c4ccccc43)cccc12. The molecular weight excluding hydrogens is 460 g/mol. The number of benzene rings is 6. The molecule has 0 heterocycles. The van der Waals surface area contributed by atoms with Gasteiger partial charge in [-0.05, 0) is 67.1 Å². The van der Waals surface area contributed by atoms with Gasteiger partial charge in [0.2, 0.25) is 0 Å². The molecule has 1 aliphatic carbocycles. The molecule has 7 rings (SSSR count). The summed E-state index contributed by atoms with van der Waals surface area (Å²) in [5.74, 6) is 0. The second kappa shape index (κ2) is 7.78. The van der Waals surface area contributed by atoms with E-state index in [4.69, 9.17) is 25.3 Å². The van der Waals surface area contributed by atoms with E-state index in [0.717, 1.165) is 9.79 Å². The first-order valence-corrected chi connectivity index (χ1v) is 12.7. The summed E-state index contributed by atoms with van der Waals surface area (Å²) < 4.78 is 0. The van der Waals surface area contributed by atoms with Crippen molar-refractivity contribution >= 4 is 46.8 Å². The van der Waals surface area contributed by atoms with E-state index in [-0.39, 0.29) is 0 Å². The van der Waals surface area contributed by atoms with Crippen molar-refractivity contribution in [2.24, 2.45) is 0 Å². The summed E-state index contributed by atoms with van der Waals surface area (Å²) in [6.07, 6.45) is 0. The average Bonchev–Trinajstić information content (AvgIpc) is 3.20. The number of hydrogen-bond acceptors (Lipinski definition) is 2. The third-order valence-electron chi connectivity index (χ3n) is 7.56. The van der Waals surface area contributed by atoms with Gasteiger partial charge in [0.05, 0.1) is 5.41 Å². The molecule has 0 fully saturated rings. The van der Waals surface area contributed by atoms with Crippen molar-refractivity contribution in [3.8, 4) is 11.1 Å². The van der Waals surface area contributed by atoms with Crippen molar-refractivity contribution in [2.75, 3.05) is 0 Å². The Kier molecular flexibility index (Phi) is 4.64. The van der Waals surface area contributed by atoms with E-state index in [0.29, 0.717) is 0 Å². The highest BCUT2D eigenvalue weighted by molar-refractivity contribution is 7.80. The van der Waals surface area contributed by atoms with E-state index in [1.165, 1.54) is 54.9 Å². The van der Waals surface area contributed by atoms with Crippen molar-refractivity contribution in [2.45, 2.75) is 15.2 Å². The molecule has 0 radical (unpaired) electrons. The molecule has 0 aromatic heterocycles. The first-order chi connectivity index (χ1) is 17.2. The Morgan fingerprint density at radius 2 is 0.714 bits per heavy atom. The summed E-state index contributed by atoms with van der Waals surface area (Å²) >= 11 is 9.66. The quantitative estimate of drug-likeness (QED) is 0.226. The summed E-state index contributed by atoms with van der Waals surface area (Å²) in [7, 11) is 0. The molecule has 1 aliphatic rings. The van der Waals surface area contributed by atoms with Crippen LogP contribution in [0.25, 0.3) is 32.7 Å². The molecule has 0 N–H and O–H groups in total. The summed E-state index contributed by atoms with van der Waals surface area (Å²) in [5, 5.41) is 4.80. The van der Waals surface area contributed by atoms with E-state index >= 15 is 0 Å². The third-order valence-corrected chi connectivity index (χ3v) is 8.34. The number of thiol groups is 2. The molecule has 0 bridgehead atoms. The Bertz CT molecular complexity index is 1650. The van der Waals surface area contributed by atoms with Crippen LogP contribution in [0, 0.1) is 0 Å². The van der Waals surface area contributed by atoms with Gasteiger partial charge >= 0.3 is 0 Å². The van der Waals surface area contributed by atoms with Crippen LogP contribution in [0.3, 0.4) is 0 Å². The Morgan fingerprint density at radius 1 is 0.343 bits per heavy atom. The second-order valence-electron chi connectivity index (χ2n) is 9.20. The van der Waals surface area contributed by atoms with Gasteiger partial charge in [-0.1, -0.05) is 109 Å². The molecule has 0 saturated carbocycles. The highest BCUT2D eigenvalue weighted by atomic mass is 32.1. The van der Waals surface area contributed by atoms with Crippen LogP contribution in [0.2, 0.25) is 0 Å². The fourth-order valence-corrected chi connectivity index (χ4v) is 6.76. The average molecular weight is 483 g/mol. The Morgan fingerprint density at radius 3 is 1.20 bits per heavy atom. The van der Waals surface area contributed by atoms with Crippen molar-refractivity contribution < 1.29 is 0 Å². The lowest BCUT2D eigenvalue weighted by Crippen LogP contribution is -2.29. The zero-order valence-electron chi connectivity index (χ0n) is 18.9. The Labute approximate surface area is 216 Å². The smallest absolute Gasteiger partial charge is 0.0725 e. The van der Waals surface area contributed by atoms with Crippen molar-refractivity contribution in [3.63, 3.8) is 0 Å². The lowest BCUT2D eigenvalue weighted by Gasteiger charge is -2.36. The third kappa shape index (κ3) is 2.78. The fraction of sp³-hybridized carbons (Fsp3) is 0.0303. The van der Waals surface area contributed by atoms with Crippen LogP contribution in [0.4, 0.5) is 0 Å². The maximum atomic E-state index is 4.83. The van der Waals surface area contributed by atoms with Gasteiger partial charge in [0.15, 0.2) is 0 Å². The van der Waals surface area contributed by atoms with Gasteiger partial charge < -0.3 is 0 Å². The summed E-state index contributed by atoms with van der Waals surface area (Å²) in [6.45, 7) is 0. The molecule has 2 heteroatoms. The summed E-state index contributed by atoms with van der Waals surface area (Å²) in [5.41, 5.74) is 7.30. The van der Waals surface area contributed by atoms with Crippen molar-refractivity contribution in [1.82, 2.24) is 0 Å². The fourth-order valence-electron chi connectivity index (χ4n) is 6.20. The maximum absolute atomic E-state index is 4.83. The monoisotopic (exact) mass is 482 g/mol. The van der Waals surface area contributed by atoms with E-state index in [9.17, 15) is 0 Å². The Balaban J connectivity index is 1.76. The highest BCUT2D eigenvalue weighted by Gasteiger charge is 2.47. The molecule has 0 unspecified atom stereocenters. The van der Waals surface area contributed by atoms with Crippen LogP contribution < -0.4 is 0 Å².